The van der Waals surface area contributed by atoms with Crippen LogP contribution in [0.1, 0.15) is 16.0 Å². The van der Waals surface area contributed by atoms with Crippen LogP contribution in [0.3, 0.4) is 0 Å². The Morgan fingerprint density at radius 1 is 1.03 bits per heavy atom. The summed E-state index contributed by atoms with van der Waals surface area (Å²) in [4.78, 5) is 40.1. The van der Waals surface area contributed by atoms with Gasteiger partial charge in [-0.1, -0.05) is 42.0 Å². The molecule has 0 unspecified atom stereocenters. The van der Waals surface area contributed by atoms with E-state index in [9.17, 15) is 14.4 Å². The van der Waals surface area contributed by atoms with Crippen molar-refractivity contribution in [3.63, 3.8) is 0 Å². The summed E-state index contributed by atoms with van der Waals surface area (Å²) in [5.41, 5.74) is 4.06. The van der Waals surface area contributed by atoms with Crippen molar-refractivity contribution < 1.29 is 14.4 Å². The molecule has 0 saturated carbocycles. The summed E-state index contributed by atoms with van der Waals surface area (Å²) < 4.78 is 0. The first kappa shape index (κ1) is 20.6. The summed E-state index contributed by atoms with van der Waals surface area (Å²) in [7, 11) is 0. The Morgan fingerprint density at radius 3 is 2.55 bits per heavy atom. The number of imide groups is 1. The van der Waals surface area contributed by atoms with E-state index in [4.69, 9.17) is 0 Å². The molecule has 1 aliphatic rings. The largest absolute Gasteiger partial charge is 0.329 e. The number of hydrogen-bond acceptors (Lipinski definition) is 4. The third-order valence-corrected chi connectivity index (χ3v) is 5.90. The number of carbonyl (C=O) groups is 3. The van der Waals surface area contributed by atoms with Crippen LogP contribution in [0.5, 0.6) is 0 Å². The fourth-order valence-electron chi connectivity index (χ4n) is 3.23. The second-order valence-electron chi connectivity index (χ2n) is 7.37. The summed E-state index contributed by atoms with van der Waals surface area (Å²) in [6, 6.07) is 18.8. The molecule has 0 bridgehead atoms. The van der Waals surface area contributed by atoms with Gasteiger partial charge in [-0.25, -0.2) is 9.69 Å². The summed E-state index contributed by atoms with van der Waals surface area (Å²) >= 11 is 1.52. The van der Waals surface area contributed by atoms with Crippen LogP contribution in [0, 0.1) is 13.8 Å². The first-order valence-electron chi connectivity index (χ1n) is 9.77. The van der Waals surface area contributed by atoms with E-state index in [0.29, 0.717) is 5.69 Å². The third-order valence-electron chi connectivity index (χ3n) is 4.82. The number of nitrogens with one attached hydrogen (secondary N) is 2. The van der Waals surface area contributed by atoms with E-state index in [1.807, 2.05) is 56.3 Å². The smallest absolute Gasteiger partial charge is 0.325 e. The molecule has 0 atom stereocenters. The van der Waals surface area contributed by atoms with E-state index in [2.05, 4.69) is 22.8 Å². The van der Waals surface area contributed by atoms with Crippen molar-refractivity contribution >= 4 is 40.9 Å². The lowest BCUT2D eigenvalue weighted by Crippen LogP contribution is -2.38. The van der Waals surface area contributed by atoms with Crippen LogP contribution in [0.2, 0.25) is 0 Å². The fraction of sp³-hybridized carbons (Fsp3) is 0.125. The van der Waals surface area contributed by atoms with Gasteiger partial charge in [0.05, 0.1) is 0 Å². The van der Waals surface area contributed by atoms with Gasteiger partial charge in [0.1, 0.15) is 12.2 Å². The number of aryl methyl sites for hydroxylation is 2. The van der Waals surface area contributed by atoms with Gasteiger partial charge >= 0.3 is 6.03 Å². The van der Waals surface area contributed by atoms with Crippen molar-refractivity contribution in [2.24, 2.45) is 0 Å². The highest BCUT2D eigenvalue weighted by atomic mass is 32.1. The Labute approximate surface area is 184 Å². The highest BCUT2D eigenvalue weighted by molar-refractivity contribution is 7.16. The standard InChI is InChI=1S/C24H21N3O3S/c1-15-6-8-17(9-7-15)21-11-10-19(31-21)13-20-23(29)27(24(30)26-20)14-22(28)25-18-5-3-4-16(2)12-18/h3-13H,14H2,1-2H3,(H,25,28)(H,26,30). The molecule has 3 aromatic rings. The summed E-state index contributed by atoms with van der Waals surface area (Å²) in [6.07, 6.45) is 1.64. The number of nitrogens with zero attached hydrogens (tertiary/aromatic N) is 1. The van der Waals surface area contributed by atoms with E-state index >= 15 is 0 Å². The van der Waals surface area contributed by atoms with Crippen molar-refractivity contribution in [3.05, 3.63) is 82.4 Å². The summed E-state index contributed by atoms with van der Waals surface area (Å²) in [6.45, 7) is 3.60. The Kier molecular flexibility index (Phi) is 5.68. The number of urea groups is 1. The van der Waals surface area contributed by atoms with Gasteiger partial charge in [-0.05, 0) is 55.3 Å². The van der Waals surface area contributed by atoms with Gasteiger partial charge in [0.15, 0.2) is 0 Å². The minimum Gasteiger partial charge on any atom is -0.325 e. The molecule has 1 aromatic heterocycles. The second-order valence-corrected chi connectivity index (χ2v) is 8.48. The number of anilines is 1. The minimum atomic E-state index is -0.606. The van der Waals surface area contributed by atoms with Crippen molar-refractivity contribution in [1.82, 2.24) is 10.2 Å². The van der Waals surface area contributed by atoms with Crippen LogP contribution in [0.25, 0.3) is 16.5 Å². The van der Waals surface area contributed by atoms with Crippen molar-refractivity contribution in [2.45, 2.75) is 13.8 Å². The lowest BCUT2D eigenvalue weighted by molar-refractivity contribution is -0.127. The normalized spacial score (nSPS) is 14.8. The summed E-state index contributed by atoms with van der Waals surface area (Å²) in [5.74, 6) is -0.956. The van der Waals surface area contributed by atoms with Gasteiger partial charge in [0.2, 0.25) is 5.91 Å². The predicted molar refractivity (Wildman–Crippen MR) is 123 cm³/mol. The molecule has 0 aliphatic carbocycles. The Morgan fingerprint density at radius 2 is 1.81 bits per heavy atom. The Balaban J connectivity index is 1.45. The molecule has 7 heteroatoms. The molecule has 6 nitrogen and oxygen atoms in total. The molecule has 4 rings (SSSR count). The number of benzene rings is 2. The maximum absolute atomic E-state index is 12.7. The van der Waals surface area contributed by atoms with Gasteiger partial charge in [-0.2, -0.15) is 0 Å². The molecule has 4 amide bonds. The highest BCUT2D eigenvalue weighted by Gasteiger charge is 2.35. The van der Waals surface area contributed by atoms with Gasteiger partial charge < -0.3 is 10.6 Å². The number of amides is 4. The average molecular weight is 432 g/mol. The molecule has 0 radical (unpaired) electrons. The lowest BCUT2D eigenvalue weighted by Gasteiger charge is -2.12. The van der Waals surface area contributed by atoms with E-state index < -0.39 is 17.8 Å². The first-order valence-corrected chi connectivity index (χ1v) is 10.6. The van der Waals surface area contributed by atoms with Crippen LogP contribution in [-0.2, 0) is 9.59 Å². The monoisotopic (exact) mass is 431 g/mol. The Hall–Kier alpha value is -3.71. The van der Waals surface area contributed by atoms with Crippen LogP contribution in [0.4, 0.5) is 10.5 Å². The van der Waals surface area contributed by atoms with Crippen molar-refractivity contribution in [1.29, 1.82) is 0 Å². The quantitative estimate of drug-likeness (QED) is 0.459. The number of hydrogen-bond donors (Lipinski definition) is 2. The van der Waals surface area contributed by atoms with Crippen LogP contribution in [0.15, 0.2) is 66.4 Å². The SMILES string of the molecule is Cc1ccc(-c2ccc(C=C3NC(=O)N(CC(=O)Nc4cccc(C)c4)C3=O)s2)cc1. The average Bonchev–Trinajstić information content (AvgIpc) is 3.29. The van der Waals surface area contributed by atoms with Gasteiger partial charge in [-0.3, -0.25) is 9.59 Å². The Bertz CT molecular complexity index is 1190. The third kappa shape index (κ3) is 4.73. The molecule has 1 fully saturated rings. The lowest BCUT2D eigenvalue weighted by atomic mass is 10.1. The van der Waals surface area contributed by atoms with E-state index in [1.165, 1.54) is 16.9 Å². The van der Waals surface area contributed by atoms with Gasteiger partial charge in [0.25, 0.3) is 5.91 Å². The zero-order valence-corrected chi connectivity index (χ0v) is 18.0. The van der Waals surface area contributed by atoms with Crippen LogP contribution in [-0.4, -0.2) is 29.3 Å². The van der Waals surface area contributed by atoms with E-state index in [1.54, 1.807) is 12.1 Å². The second kappa shape index (κ2) is 8.57. The topological polar surface area (TPSA) is 78.5 Å². The minimum absolute atomic E-state index is 0.158. The molecule has 2 aromatic carbocycles. The molecule has 2 heterocycles. The maximum atomic E-state index is 12.7. The molecule has 1 saturated heterocycles. The van der Waals surface area contributed by atoms with Gasteiger partial charge in [0, 0.05) is 15.4 Å². The molecular weight excluding hydrogens is 410 g/mol. The zero-order chi connectivity index (χ0) is 22.0. The molecule has 31 heavy (non-hydrogen) atoms. The van der Waals surface area contributed by atoms with Gasteiger partial charge in [-0.15, -0.1) is 11.3 Å². The van der Waals surface area contributed by atoms with Crippen LogP contribution >= 0.6 is 11.3 Å². The highest BCUT2D eigenvalue weighted by Crippen LogP contribution is 2.30. The van der Waals surface area contributed by atoms with Crippen LogP contribution < -0.4 is 10.6 Å². The number of rotatable bonds is 5. The summed E-state index contributed by atoms with van der Waals surface area (Å²) in [5, 5.41) is 5.27. The molecule has 1 aliphatic heterocycles. The maximum Gasteiger partial charge on any atom is 0.329 e. The number of carbonyl (C=O) groups excluding carboxylic acids is 3. The molecule has 2 N–H and O–H groups in total. The zero-order valence-electron chi connectivity index (χ0n) is 17.1. The van der Waals surface area contributed by atoms with Crippen molar-refractivity contribution in [3.8, 4) is 10.4 Å². The predicted octanol–water partition coefficient (Wildman–Crippen LogP) is 4.56. The molecular formula is C24H21N3O3S. The molecule has 156 valence electrons. The molecule has 0 spiro atoms. The first-order chi connectivity index (χ1) is 14.9. The van der Waals surface area contributed by atoms with E-state index in [-0.39, 0.29) is 12.2 Å². The fourth-order valence-corrected chi connectivity index (χ4v) is 4.18. The number of thiophene rings is 1. The van der Waals surface area contributed by atoms with Crippen molar-refractivity contribution in [2.75, 3.05) is 11.9 Å². The van der Waals surface area contributed by atoms with E-state index in [0.717, 1.165) is 25.8 Å².